The van der Waals surface area contributed by atoms with Crippen LogP contribution < -0.4 is 21.9 Å². The molecule has 2 rings (SSSR count). The number of aromatic nitrogens is 1. The van der Waals surface area contributed by atoms with Gasteiger partial charge in [-0.25, -0.2) is 5.84 Å². The van der Waals surface area contributed by atoms with E-state index < -0.39 is 5.41 Å². The van der Waals surface area contributed by atoms with Gasteiger partial charge in [0.25, 0.3) is 5.91 Å². The van der Waals surface area contributed by atoms with Crippen LogP contribution in [0.2, 0.25) is 0 Å². The van der Waals surface area contributed by atoms with E-state index in [1.807, 2.05) is 20.8 Å². The van der Waals surface area contributed by atoms with Crippen LogP contribution in [0, 0.1) is 29.1 Å². The third-order valence-electron chi connectivity index (χ3n) is 6.81. The van der Waals surface area contributed by atoms with Crippen molar-refractivity contribution in [2.45, 2.75) is 87.0 Å². The lowest BCUT2D eigenvalue weighted by Gasteiger charge is -2.27. The Kier molecular flexibility index (Phi) is 9.70. The number of rotatable bonds is 9. The molecule has 0 radical (unpaired) electrons. The molecule has 0 saturated carbocycles. The molecule has 1 heterocycles. The van der Waals surface area contributed by atoms with Gasteiger partial charge < -0.3 is 11.1 Å². The van der Waals surface area contributed by atoms with Gasteiger partial charge in [-0.1, -0.05) is 41.5 Å². The first kappa shape index (κ1) is 31.5. The lowest BCUT2D eigenvalue weighted by Crippen LogP contribution is -2.35. The second kappa shape index (κ2) is 12.0. The summed E-state index contributed by atoms with van der Waals surface area (Å²) in [5, 5.41) is 13.6. The van der Waals surface area contributed by atoms with Crippen molar-refractivity contribution in [1.29, 1.82) is 5.26 Å². The van der Waals surface area contributed by atoms with E-state index in [2.05, 4.69) is 37.1 Å². The Morgan fingerprint density at radius 2 is 1.74 bits per heavy atom. The molecule has 0 aliphatic rings. The molecule has 214 valence electrons. The molecule has 0 aliphatic carbocycles. The van der Waals surface area contributed by atoms with E-state index in [1.165, 1.54) is 11.2 Å². The van der Waals surface area contributed by atoms with E-state index in [1.54, 1.807) is 51.2 Å². The van der Waals surface area contributed by atoms with E-state index in [9.17, 15) is 14.9 Å². The Hall–Kier alpha value is -3.70. The molecule has 1 aromatic heterocycles. The SMILES string of the molecule is Cc1ncc(NC(=O)c2cc(C#N)cc(C(C)(C)C)c2)cc1N(N)/C=C(\N)C(C)(C)C(=O)CCCC(C)(C)C.[HH].[HH]. The first-order valence-corrected chi connectivity index (χ1v) is 13.2. The fourth-order valence-electron chi connectivity index (χ4n) is 3.94. The zero-order valence-corrected chi connectivity index (χ0v) is 24.9. The van der Waals surface area contributed by atoms with E-state index in [-0.39, 0.29) is 25.4 Å². The Labute approximate surface area is 236 Å². The summed E-state index contributed by atoms with van der Waals surface area (Å²) in [7, 11) is 0. The summed E-state index contributed by atoms with van der Waals surface area (Å²) < 4.78 is 0. The lowest BCUT2D eigenvalue weighted by molar-refractivity contribution is -0.125. The van der Waals surface area contributed by atoms with Crippen LogP contribution in [0.4, 0.5) is 11.4 Å². The van der Waals surface area contributed by atoms with Crippen molar-refractivity contribution >= 4 is 23.1 Å². The van der Waals surface area contributed by atoms with E-state index >= 15 is 0 Å². The van der Waals surface area contributed by atoms with Crippen molar-refractivity contribution in [3.63, 3.8) is 0 Å². The minimum Gasteiger partial charge on any atom is -0.400 e. The Bertz CT molecular complexity index is 1300. The van der Waals surface area contributed by atoms with Crippen LogP contribution in [0.15, 0.2) is 42.4 Å². The molecule has 8 nitrogen and oxygen atoms in total. The number of allylic oxidation sites excluding steroid dienone is 1. The molecule has 0 aliphatic heterocycles. The number of hydrazine groups is 1. The zero-order valence-electron chi connectivity index (χ0n) is 24.9. The number of Topliss-reactive ketones (excluding diaryl/α,β-unsaturated/α-hetero) is 1. The molecule has 39 heavy (non-hydrogen) atoms. The molecular formula is C31H48N6O2. The summed E-state index contributed by atoms with van der Waals surface area (Å²) in [5.74, 6) is 6.03. The predicted molar refractivity (Wildman–Crippen MR) is 162 cm³/mol. The number of nitriles is 1. The van der Waals surface area contributed by atoms with Gasteiger partial charge in [-0.15, -0.1) is 0 Å². The summed E-state index contributed by atoms with van der Waals surface area (Å²) in [4.78, 5) is 30.4. The third-order valence-corrected chi connectivity index (χ3v) is 6.81. The van der Waals surface area contributed by atoms with Crippen LogP contribution in [0.25, 0.3) is 0 Å². The first-order chi connectivity index (χ1) is 17.8. The van der Waals surface area contributed by atoms with Gasteiger partial charge >= 0.3 is 0 Å². The smallest absolute Gasteiger partial charge is 0.255 e. The molecule has 0 bridgehead atoms. The van der Waals surface area contributed by atoms with Gasteiger partial charge in [0.2, 0.25) is 0 Å². The maximum Gasteiger partial charge on any atom is 0.255 e. The van der Waals surface area contributed by atoms with Crippen molar-refractivity contribution < 1.29 is 12.4 Å². The quantitative estimate of drug-likeness (QED) is 0.242. The van der Waals surface area contributed by atoms with E-state index in [0.29, 0.717) is 40.3 Å². The number of aryl methyl sites for hydroxylation is 1. The standard InChI is InChI=1S/C31H44N6O2.2H2/c1-20-25(37(34)19-26(33)31(8,9)27(38)11-10-12-29(2,3)4)16-24(18-35-20)36-28(39)22-13-21(17-32)14-23(15-22)30(5,6)7;;/h13-16,18-19H,10-12,33-34H2,1-9H3,(H,36,39);2*1H/b26-19-;;. The van der Waals surface area contributed by atoms with E-state index in [4.69, 9.17) is 11.6 Å². The number of ketones is 1. The normalized spacial score (nSPS) is 12.6. The number of nitrogens with two attached hydrogens (primary N) is 2. The predicted octanol–water partition coefficient (Wildman–Crippen LogP) is 6.60. The molecule has 0 saturated heterocycles. The van der Waals surface area contributed by atoms with Crippen LogP contribution in [0.3, 0.4) is 0 Å². The van der Waals surface area contributed by atoms with Gasteiger partial charge in [-0.3, -0.25) is 19.6 Å². The minimum atomic E-state index is -0.890. The van der Waals surface area contributed by atoms with Crippen LogP contribution in [-0.4, -0.2) is 16.7 Å². The van der Waals surface area contributed by atoms with Gasteiger partial charge in [0.15, 0.2) is 0 Å². The summed E-state index contributed by atoms with van der Waals surface area (Å²) in [6.07, 6.45) is 5.26. The highest BCUT2D eigenvalue weighted by Gasteiger charge is 2.31. The Balaban J connectivity index is 0.00000800. The highest BCUT2D eigenvalue weighted by atomic mass is 16.1. The average molecular weight is 537 g/mol. The molecule has 2 aromatic rings. The highest BCUT2D eigenvalue weighted by Crippen LogP contribution is 2.30. The number of hydrogen-bond acceptors (Lipinski definition) is 7. The van der Waals surface area contributed by atoms with Crippen molar-refractivity contribution in [1.82, 2.24) is 4.98 Å². The molecule has 1 aromatic carbocycles. The number of amides is 1. The fraction of sp³-hybridized carbons (Fsp3) is 0.484. The van der Waals surface area contributed by atoms with Crippen LogP contribution in [-0.2, 0) is 10.2 Å². The summed E-state index contributed by atoms with van der Waals surface area (Å²) in [5.41, 5.74) is 9.01. The van der Waals surface area contributed by atoms with Crippen molar-refractivity contribution in [3.05, 3.63) is 64.7 Å². The molecule has 1 amide bonds. The summed E-state index contributed by atoms with van der Waals surface area (Å²) >= 11 is 0. The lowest BCUT2D eigenvalue weighted by atomic mass is 9.81. The fourth-order valence-corrected chi connectivity index (χ4v) is 3.94. The molecular weight excluding hydrogens is 488 g/mol. The van der Waals surface area contributed by atoms with Gasteiger partial charge in [0.05, 0.1) is 40.3 Å². The number of pyridine rings is 1. The monoisotopic (exact) mass is 536 g/mol. The van der Waals surface area contributed by atoms with Crippen LogP contribution >= 0.6 is 0 Å². The number of carbonyl (C=O) groups excluding carboxylic acids is 2. The molecule has 0 unspecified atom stereocenters. The number of nitrogens with one attached hydrogen (secondary N) is 1. The molecule has 0 atom stereocenters. The second-order valence-corrected chi connectivity index (χ2v) is 12.9. The third kappa shape index (κ3) is 8.66. The second-order valence-electron chi connectivity index (χ2n) is 12.9. The maximum absolute atomic E-state index is 13.1. The Morgan fingerprint density at radius 1 is 1.10 bits per heavy atom. The topological polar surface area (TPSA) is 138 Å². The van der Waals surface area contributed by atoms with Crippen molar-refractivity contribution in [2.75, 3.05) is 10.3 Å². The number of nitrogens with zero attached hydrogens (tertiary/aromatic N) is 3. The number of hydrogen-bond donors (Lipinski definition) is 3. The van der Waals surface area contributed by atoms with Crippen molar-refractivity contribution in [3.8, 4) is 6.07 Å². The van der Waals surface area contributed by atoms with Gasteiger partial charge in [-0.2, -0.15) is 5.26 Å². The molecule has 8 heteroatoms. The number of benzene rings is 1. The minimum absolute atomic E-state index is 0. The zero-order chi connectivity index (χ0) is 29.8. The van der Waals surface area contributed by atoms with Crippen LogP contribution in [0.5, 0.6) is 0 Å². The molecule has 0 spiro atoms. The first-order valence-electron chi connectivity index (χ1n) is 13.2. The average Bonchev–Trinajstić information content (AvgIpc) is 2.83. The molecule has 0 fully saturated rings. The number of carbonyl (C=O) groups is 2. The Morgan fingerprint density at radius 3 is 2.31 bits per heavy atom. The van der Waals surface area contributed by atoms with Gasteiger partial charge in [0.1, 0.15) is 5.78 Å². The highest BCUT2D eigenvalue weighted by molar-refractivity contribution is 6.04. The summed E-state index contributed by atoms with van der Waals surface area (Å²) in [6, 6.07) is 8.97. The number of anilines is 2. The van der Waals surface area contributed by atoms with Crippen molar-refractivity contribution in [2.24, 2.45) is 22.4 Å². The van der Waals surface area contributed by atoms with Gasteiger partial charge in [0, 0.05) is 26.7 Å². The van der Waals surface area contributed by atoms with Gasteiger partial charge in [-0.05, 0) is 74.3 Å². The largest absolute Gasteiger partial charge is 0.400 e. The summed E-state index contributed by atoms with van der Waals surface area (Å²) in [6.45, 7) is 17.9. The van der Waals surface area contributed by atoms with Crippen LogP contribution in [0.1, 0.15) is 105 Å². The van der Waals surface area contributed by atoms with E-state index in [0.717, 1.165) is 18.4 Å². The molecule has 5 N–H and O–H groups in total. The maximum atomic E-state index is 13.1.